The molecule has 0 amide bonds. The van der Waals surface area contributed by atoms with Gasteiger partial charge in [-0.25, -0.2) is 4.39 Å². The minimum Gasteiger partial charge on any atom is -0.301 e. The van der Waals surface area contributed by atoms with Gasteiger partial charge < -0.3 is 4.90 Å². The molecule has 2 atom stereocenters. The minimum atomic E-state index is -0.429. The van der Waals surface area contributed by atoms with Crippen LogP contribution in [0.2, 0.25) is 0 Å². The number of nitrogens with zero attached hydrogens (tertiary/aromatic N) is 3. The summed E-state index contributed by atoms with van der Waals surface area (Å²) in [6, 6.07) is 14.1. The fourth-order valence-electron chi connectivity index (χ4n) is 4.99. The molecule has 1 saturated carbocycles. The van der Waals surface area contributed by atoms with Crippen molar-refractivity contribution in [2.45, 2.75) is 31.3 Å². The third kappa shape index (κ3) is 2.96. The Bertz CT molecular complexity index is 928. The normalized spacial score (nSPS) is 25.1. The first kappa shape index (κ1) is 16.9. The first-order valence-corrected chi connectivity index (χ1v) is 9.88. The van der Waals surface area contributed by atoms with Crippen molar-refractivity contribution in [3.8, 4) is 17.2 Å². The van der Waals surface area contributed by atoms with Gasteiger partial charge in [0.25, 0.3) is 0 Å². The smallest absolute Gasteiger partial charge is 0.141 e. The molecule has 2 aliphatic heterocycles. The van der Waals surface area contributed by atoms with Gasteiger partial charge in [0.1, 0.15) is 11.9 Å². The standard InChI is InChI=1S/C23H24FN3/c1-26-11-19-13-27(14-22(19)26)12-18-3-2-4-20(23(18)15-5-6-15)16-7-8-17(10-25)21(24)9-16/h2-4,7-9,15,19,22H,5-6,11-14H2,1H3. The molecule has 2 aromatic rings. The summed E-state index contributed by atoms with van der Waals surface area (Å²) in [6.45, 7) is 4.55. The summed E-state index contributed by atoms with van der Waals surface area (Å²) in [6.07, 6.45) is 2.44. The monoisotopic (exact) mass is 361 g/mol. The Morgan fingerprint density at radius 2 is 2.00 bits per heavy atom. The van der Waals surface area contributed by atoms with Gasteiger partial charge in [0, 0.05) is 38.1 Å². The lowest BCUT2D eigenvalue weighted by Crippen LogP contribution is -2.52. The van der Waals surface area contributed by atoms with E-state index in [4.69, 9.17) is 5.26 Å². The molecule has 0 spiro atoms. The summed E-state index contributed by atoms with van der Waals surface area (Å²) >= 11 is 0. The van der Waals surface area contributed by atoms with Crippen LogP contribution >= 0.6 is 0 Å². The van der Waals surface area contributed by atoms with Gasteiger partial charge in [-0.05, 0) is 60.2 Å². The van der Waals surface area contributed by atoms with Crippen molar-refractivity contribution >= 4 is 0 Å². The summed E-state index contributed by atoms with van der Waals surface area (Å²) in [5.41, 5.74) is 4.92. The van der Waals surface area contributed by atoms with Gasteiger partial charge in [0.2, 0.25) is 0 Å². The number of likely N-dealkylation sites (tertiary alicyclic amines) is 2. The highest BCUT2D eigenvalue weighted by Crippen LogP contribution is 2.47. The maximum atomic E-state index is 14.2. The van der Waals surface area contributed by atoms with Crippen molar-refractivity contribution in [2.24, 2.45) is 5.92 Å². The van der Waals surface area contributed by atoms with Crippen LogP contribution in [0.3, 0.4) is 0 Å². The second-order valence-corrected chi connectivity index (χ2v) is 8.42. The van der Waals surface area contributed by atoms with Gasteiger partial charge in [-0.1, -0.05) is 24.3 Å². The third-order valence-corrected chi connectivity index (χ3v) is 6.55. The van der Waals surface area contributed by atoms with Gasteiger partial charge in [-0.3, -0.25) is 4.90 Å². The van der Waals surface area contributed by atoms with Crippen LogP contribution in [0.4, 0.5) is 4.39 Å². The summed E-state index contributed by atoms with van der Waals surface area (Å²) in [5.74, 6) is 0.994. The van der Waals surface area contributed by atoms with Gasteiger partial charge in [0.15, 0.2) is 0 Å². The molecule has 138 valence electrons. The number of fused-ring (bicyclic) bond motifs is 1. The number of benzene rings is 2. The first-order chi connectivity index (χ1) is 13.1. The van der Waals surface area contributed by atoms with Crippen LogP contribution in [0, 0.1) is 23.1 Å². The number of halogens is 1. The summed E-state index contributed by atoms with van der Waals surface area (Å²) in [4.78, 5) is 5.05. The topological polar surface area (TPSA) is 30.3 Å². The van der Waals surface area contributed by atoms with Crippen LogP contribution in [0.25, 0.3) is 11.1 Å². The lowest BCUT2D eigenvalue weighted by atomic mass is 9.91. The van der Waals surface area contributed by atoms with Crippen molar-refractivity contribution in [3.63, 3.8) is 0 Å². The van der Waals surface area contributed by atoms with E-state index in [1.54, 1.807) is 6.07 Å². The number of rotatable bonds is 4. The number of hydrogen-bond acceptors (Lipinski definition) is 3. The van der Waals surface area contributed by atoms with E-state index in [1.165, 1.54) is 43.1 Å². The van der Waals surface area contributed by atoms with Crippen LogP contribution in [-0.2, 0) is 6.54 Å². The molecule has 0 radical (unpaired) electrons. The van der Waals surface area contributed by atoms with Crippen LogP contribution in [-0.4, -0.2) is 42.5 Å². The first-order valence-electron chi connectivity index (χ1n) is 9.88. The Morgan fingerprint density at radius 1 is 1.15 bits per heavy atom. The lowest BCUT2D eigenvalue weighted by Gasteiger charge is -2.40. The molecule has 1 aliphatic carbocycles. The van der Waals surface area contributed by atoms with Gasteiger partial charge in [-0.15, -0.1) is 0 Å². The Morgan fingerprint density at radius 3 is 2.67 bits per heavy atom. The van der Waals surface area contributed by atoms with Crippen molar-refractivity contribution in [1.29, 1.82) is 5.26 Å². The van der Waals surface area contributed by atoms with E-state index in [0.29, 0.717) is 5.92 Å². The molecule has 27 heavy (non-hydrogen) atoms. The molecule has 3 aliphatic rings. The van der Waals surface area contributed by atoms with Crippen molar-refractivity contribution in [3.05, 3.63) is 58.9 Å². The molecule has 0 aromatic heterocycles. The average molecular weight is 361 g/mol. The van der Waals surface area contributed by atoms with Crippen LogP contribution < -0.4 is 0 Å². The average Bonchev–Trinajstić information content (AvgIpc) is 3.45. The molecular formula is C23H24FN3. The number of likely N-dealkylation sites (N-methyl/N-ethyl adjacent to an activating group) is 1. The highest BCUT2D eigenvalue weighted by atomic mass is 19.1. The molecule has 2 aromatic carbocycles. The molecule has 0 bridgehead atoms. The SMILES string of the molecule is CN1CC2CN(Cc3cccc(-c4ccc(C#N)c(F)c4)c3C3CC3)CC21. The molecule has 3 nitrogen and oxygen atoms in total. The third-order valence-electron chi connectivity index (χ3n) is 6.55. The van der Waals surface area contributed by atoms with E-state index in [1.807, 2.05) is 12.1 Å². The van der Waals surface area contributed by atoms with Crippen LogP contribution in [0.5, 0.6) is 0 Å². The van der Waals surface area contributed by atoms with E-state index in [9.17, 15) is 4.39 Å². The minimum absolute atomic E-state index is 0.111. The molecule has 2 unspecified atom stereocenters. The molecule has 4 heteroatoms. The summed E-state index contributed by atoms with van der Waals surface area (Å²) in [5, 5.41) is 9.00. The Labute approximate surface area is 160 Å². The molecular weight excluding hydrogens is 337 g/mol. The van der Waals surface area contributed by atoms with Crippen molar-refractivity contribution in [1.82, 2.24) is 9.80 Å². The molecule has 2 heterocycles. The quantitative estimate of drug-likeness (QED) is 0.825. The van der Waals surface area contributed by atoms with Gasteiger partial charge in [-0.2, -0.15) is 5.26 Å². The summed E-state index contributed by atoms with van der Waals surface area (Å²) < 4.78 is 14.2. The Balaban J connectivity index is 1.48. The predicted molar refractivity (Wildman–Crippen MR) is 104 cm³/mol. The highest BCUT2D eigenvalue weighted by Gasteiger charge is 2.43. The second-order valence-electron chi connectivity index (χ2n) is 8.42. The highest BCUT2D eigenvalue weighted by molar-refractivity contribution is 5.71. The van der Waals surface area contributed by atoms with Crippen molar-refractivity contribution in [2.75, 3.05) is 26.7 Å². The zero-order valence-corrected chi connectivity index (χ0v) is 15.7. The zero-order chi connectivity index (χ0) is 18.5. The van der Waals surface area contributed by atoms with E-state index in [2.05, 4.69) is 35.0 Å². The molecule has 5 rings (SSSR count). The maximum absolute atomic E-state index is 14.2. The van der Waals surface area contributed by atoms with Gasteiger partial charge in [0.05, 0.1) is 5.56 Å². The Kier molecular flexibility index (Phi) is 4.03. The molecule has 3 fully saturated rings. The largest absolute Gasteiger partial charge is 0.301 e. The summed E-state index contributed by atoms with van der Waals surface area (Å²) in [7, 11) is 2.22. The number of nitriles is 1. The van der Waals surface area contributed by atoms with Crippen molar-refractivity contribution < 1.29 is 4.39 Å². The maximum Gasteiger partial charge on any atom is 0.141 e. The lowest BCUT2D eigenvalue weighted by molar-refractivity contribution is 0.0825. The molecule has 0 N–H and O–H groups in total. The molecule has 2 saturated heterocycles. The fraction of sp³-hybridized carbons (Fsp3) is 0.435. The van der Waals surface area contributed by atoms with E-state index in [-0.39, 0.29) is 5.56 Å². The number of hydrogen-bond donors (Lipinski definition) is 0. The van der Waals surface area contributed by atoms with E-state index in [0.717, 1.165) is 36.2 Å². The van der Waals surface area contributed by atoms with Gasteiger partial charge >= 0.3 is 0 Å². The zero-order valence-electron chi connectivity index (χ0n) is 15.7. The fourth-order valence-corrected chi connectivity index (χ4v) is 4.99. The predicted octanol–water partition coefficient (Wildman–Crippen LogP) is 3.99. The second kappa shape index (κ2) is 6.44. The van der Waals surface area contributed by atoms with E-state index < -0.39 is 5.82 Å². The van der Waals surface area contributed by atoms with Crippen LogP contribution in [0.15, 0.2) is 36.4 Å². The van der Waals surface area contributed by atoms with Crippen LogP contribution in [0.1, 0.15) is 35.4 Å². The van der Waals surface area contributed by atoms with E-state index >= 15 is 0 Å². The Hall–Kier alpha value is -2.22.